The monoisotopic (exact) mass is 400 g/mol. The number of aryl methyl sites for hydroxylation is 1. The van der Waals surface area contributed by atoms with E-state index in [1.54, 1.807) is 23.0 Å². The summed E-state index contributed by atoms with van der Waals surface area (Å²) in [6, 6.07) is 7.30. The van der Waals surface area contributed by atoms with Crippen LogP contribution in [0.1, 0.15) is 29.8 Å². The molecular formula is C15H17IN2O3. The van der Waals surface area contributed by atoms with Gasteiger partial charge in [-0.05, 0) is 48.6 Å². The number of ether oxygens (including phenoxy) is 2. The van der Waals surface area contributed by atoms with Crippen LogP contribution in [0.2, 0.25) is 0 Å². The smallest absolute Gasteiger partial charge is 0.338 e. The van der Waals surface area contributed by atoms with Crippen LogP contribution in [0, 0.1) is 3.57 Å². The van der Waals surface area contributed by atoms with Crippen LogP contribution in [-0.2, 0) is 18.4 Å². The molecule has 6 heteroatoms. The third kappa shape index (κ3) is 4.20. The molecule has 5 nitrogen and oxygen atoms in total. The van der Waals surface area contributed by atoms with Crippen molar-refractivity contribution in [3.8, 4) is 5.88 Å². The largest absolute Gasteiger partial charge is 0.472 e. The van der Waals surface area contributed by atoms with E-state index in [2.05, 4.69) is 27.7 Å². The molecule has 0 spiro atoms. The number of carbonyl (C=O) groups is 1. The summed E-state index contributed by atoms with van der Waals surface area (Å²) in [5, 5.41) is 4.15. The van der Waals surface area contributed by atoms with Crippen LogP contribution in [0.5, 0.6) is 5.88 Å². The predicted octanol–water partition coefficient (Wildman–Crippen LogP) is 3.17. The summed E-state index contributed by atoms with van der Waals surface area (Å²) in [5.41, 5.74) is 1.35. The van der Waals surface area contributed by atoms with Crippen molar-refractivity contribution >= 4 is 28.6 Å². The Labute approximate surface area is 137 Å². The Bertz CT molecular complexity index is 638. The highest BCUT2D eigenvalue weighted by Crippen LogP contribution is 2.20. The van der Waals surface area contributed by atoms with E-state index in [0.717, 1.165) is 9.13 Å². The molecule has 1 aromatic heterocycles. The first kappa shape index (κ1) is 15.8. The van der Waals surface area contributed by atoms with E-state index in [1.165, 1.54) is 0 Å². The van der Waals surface area contributed by atoms with Crippen molar-refractivity contribution in [2.75, 3.05) is 0 Å². The zero-order chi connectivity index (χ0) is 15.4. The Morgan fingerprint density at radius 2 is 2.14 bits per heavy atom. The van der Waals surface area contributed by atoms with E-state index in [1.807, 2.05) is 33.0 Å². The Kier molecular flexibility index (Phi) is 5.22. The summed E-state index contributed by atoms with van der Waals surface area (Å²) in [5.74, 6) is 0.198. The average molecular weight is 400 g/mol. The number of benzene rings is 1. The fourth-order valence-electron chi connectivity index (χ4n) is 1.79. The average Bonchev–Trinajstić information content (AvgIpc) is 2.82. The van der Waals surface area contributed by atoms with E-state index >= 15 is 0 Å². The van der Waals surface area contributed by atoms with Crippen LogP contribution < -0.4 is 4.74 Å². The maximum absolute atomic E-state index is 12.1. The molecule has 0 amide bonds. The van der Waals surface area contributed by atoms with E-state index in [0.29, 0.717) is 11.4 Å². The van der Waals surface area contributed by atoms with Gasteiger partial charge >= 0.3 is 5.97 Å². The Balaban J connectivity index is 2.19. The van der Waals surface area contributed by atoms with Gasteiger partial charge in [0.2, 0.25) is 5.88 Å². The van der Waals surface area contributed by atoms with Gasteiger partial charge in [0.15, 0.2) is 0 Å². The lowest BCUT2D eigenvalue weighted by molar-refractivity contribution is 0.0374. The van der Waals surface area contributed by atoms with Crippen LogP contribution in [0.15, 0.2) is 30.5 Å². The molecule has 1 aromatic carbocycles. The van der Waals surface area contributed by atoms with E-state index < -0.39 is 0 Å². The summed E-state index contributed by atoms with van der Waals surface area (Å²) >= 11 is 2.19. The number of rotatable bonds is 5. The van der Waals surface area contributed by atoms with Gasteiger partial charge < -0.3 is 9.47 Å². The second kappa shape index (κ2) is 6.93. The number of halogens is 1. The summed E-state index contributed by atoms with van der Waals surface area (Å²) in [6.45, 7) is 3.93. The van der Waals surface area contributed by atoms with Gasteiger partial charge in [0, 0.05) is 28.4 Å². The molecule has 0 saturated heterocycles. The van der Waals surface area contributed by atoms with Gasteiger partial charge in [-0.3, -0.25) is 4.68 Å². The molecule has 0 atom stereocenters. The van der Waals surface area contributed by atoms with E-state index in [-0.39, 0.29) is 18.7 Å². The molecule has 0 fully saturated rings. The van der Waals surface area contributed by atoms with Gasteiger partial charge in [-0.15, -0.1) is 5.10 Å². The Morgan fingerprint density at radius 1 is 1.38 bits per heavy atom. The Hall–Kier alpha value is -1.57. The topological polar surface area (TPSA) is 53.4 Å². The molecule has 21 heavy (non-hydrogen) atoms. The lowest BCUT2D eigenvalue weighted by Gasteiger charge is -2.13. The molecule has 0 aliphatic carbocycles. The number of hydrogen-bond acceptors (Lipinski definition) is 4. The first-order chi connectivity index (χ1) is 9.97. The highest BCUT2D eigenvalue weighted by molar-refractivity contribution is 14.1. The van der Waals surface area contributed by atoms with E-state index in [4.69, 9.17) is 9.47 Å². The minimum atomic E-state index is -0.330. The van der Waals surface area contributed by atoms with Gasteiger partial charge in [-0.1, -0.05) is 6.07 Å². The van der Waals surface area contributed by atoms with Crippen LogP contribution >= 0.6 is 22.6 Å². The van der Waals surface area contributed by atoms with Crippen molar-refractivity contribution in [3.63, 3.8) is 0 Å². The minimum Gasteiger partial charge on any atom is -0.472 e. The Morgan fingerprint density at radius 3 is 2.76 bits per heavy atom. The van der Waals surface area contributed by atoms with E-state index in [9.17, 15) is 4.79 Å². The number of aromatic nitrogens is 2. The summed E-state index contributed by atoms with van der Waals surface area (Å²) < 4.78 is 13.5. The third-order valence-corrected chi connectivity index (χ3v) is 3.75. The summed E-state index contributed by atoms with van der Waals surface area (Å²) in [7, 11) is 1.82. The maximum atomic E-state index is 12.1. The minimum absolute atomic E-state index is 0.153. The summed E-state index contributed by atoms with van der Waals surface area (Å²) in [6.07, 6.45) is 1.65. The quantitative estimate of drug-likeness (QED) is 0.572. The lowest BCUT2D eigenvalue weighted by atomic mass is 10.1. The highest BCUT2D eigenvalue weighted by atomic mass is 127. The molecule has 0 N–H and O–H groups in total. The molecule has 112 valence electrons. The fourth-order valence-corrected chi connectivity index (χ4v) is 2.44. The zero-order valence-corrected chi connectivity index (χ0v) is 14.3. The molecule has 2 rings (SSSR count). The van der Waals surface area contributed by atoms with Crippen LogP contribution in [0.25, 0.3) is 0 Å². The van der Waals surface area contributed by atoms with Gasteiger partial charge in [-0.2, -0.15) is 0 Å². The second-order valence-electron chi connectivity index (χ2n) is 4.84. The van der Waals surface area contributed by atoms with Crippen molar-refractivity contribution in [2.24, 2.45) is 7.05 Å². The van der Waals surface area contributed by atoms with Gasteiger partial charge in [0.1, 0.15) is 6.61 Å². The molecule has 0 saturated carbocycles. The van der Waals surface area contributed by atoms with Crippen molar-refractivity contribution in [1.82, 2.24) is 9.78 Å². The number of carbonyl (C=O) groups excluding carboxylic acids is 1. The first-order valence-corrected chi connectivity index (χ1v) is 7.66. The SMILES string of the molecule is CC(C)OC(=O)c1cccc(I)c1COc1ccn(C)n1. The van der Waals surface area contributed by atoms with Crippen LogP contribution in [-0.4, -0.2) is 21.9 Å². The number of esters is 1. The van der Waals surface area contributed by atoms with Crippen molar-refractivity contribution < 1.29 is 14.3 Å². The molecule has 1 heterocycles. The zero-order valence-electron chi connectivity index (χ0n) is 12.2. The molecular weight excluding hydrogens is 383 g/mol. The lowest BCUT2D eigenvalue weighted by Crippen LogP contribution is -2.15. The summed E-state index contributed by atoms with van der Waals surface area (Å²) in [4.78, 5) is 12.1. The number of hydrogen-bond donors (Lipinski definition) is 0. The molecule has 0 aliphatic heterocycles. The van der Waals surface area contributed by atoms with Gasteiger partial charge in [0.05, 0.1) is 11.7 Å². The normalized spacial score (nSPS) is 10.7. The molecule has 0 aliphatic rings. The second-order valence-corrected chi connectivity index (χ2v) is 6.00. The third-order valence-electron chi connectivity index (χ3n) is 2.74. The highest BCUT2D eigenvalue weighted by Gasteiger charge is 2.17. The van der Waals surface area contributed by atoms with Gasteiger partial charge in [0.25, 0.3) is 0 Å². The van der Waals surface area contributed by atoms with Gasteiger partial charge in [-0.25, -0.2) is 4.79 Å². The van der Waals surface area contributed by atoms with Crippen molar-refractivity contribution in [2.45, 2.75) is 26.6 Å². The fraction of sp³-hybridized carbons (Fsp3) is 0.333. The predicted molar refractivity (Wildman–Crippen MR) is 87.3 cm³/mol. The first-order valence-electron chi connectivity index (χ1n) is 6.58. The van der Waals surface area contributed by atoms with Crippen molar-refractivity contribution in [1.29, 1.82) is 0 Å². The van der Waals surface area contributed by atoms with Crippen LogP contribution in [0.3, 0.4) is 0 Å². The maximum Gasteiger partial charge on any atom is 0.338 e. The number of nitrogens with zero attached hydrogens (tertiary/aromatic N) is 2. The molecule has 0 unspecified atom stereocenters. The molecule has 0 bridgehead atoms. The molecule has 2 aromatic rings. The van der Waals surface area contributed by atoms with Crippen LogP contribution in [0.4, 0.5) is 0 Å². The standard InChI is InChI=1S/C15H17IN2O3/c1-10(2)21-15(19)11-5-4-6-13(16)12(11)9-20-14-7-8-18(3)17-14/h4-8,10H,9H2,1-3H3. The van der Waals surface area contributed by atoms with Crippen molar-refractivity contribution in [3.05, 3.63) is 45.2 Å². The molecule has 0 radical (unpaired) electrons.